The highest BCUT2D eigenvalue weighted by Crippen LogP contribution is 2.69. The van der Waals surface area contributed by atoms with Gasteiger partial charge < -0.3 is 10.2 Å². The molecule has 3 heteroatoms. The molecule has 0 aliphatic heterocycles. The first-order valence-electron chi connectivity index (χ1n) is 10.2. The Morgan fingerprint density at radius 2 is 1.80 bits per heavy atom. The number of hydrogen-bond acceptors (Lipinski definition) is 3. The Balaban J connectivity index is 1.80. The second-order valence-electron chi connectivity index (χ2n) is 10.2. The Morgan fingerprint density at radius 1 is 1.12 bits per heavy atom. The fourth-order valence-corrected chi connectivity index (χ4v) is 7.73. The highest BCUT2D eigenvalue weighted by atomic mass is 16.3. The van der Waals surface area contributed by atoms with Crippen LogP contribution >= 0.6 is 0 Å². The van der Waals surface area contributed by atoms with Gasteiger partial charge in [-0.2, -0.15) is 0 Å². The zero-order chi connectivity index (χ0) is 18.2. The molecule has 8 atom stereocenters. The van der Waals surface area contributed by atoms with Crippen LogP contribution < -0.4 is 0 Å². The fraction of sp³-hybridized carbons (Fsp3) is 0.864. The Kier molecular flexibility index (Phi) is 3.84. The van der Waals surface area contributed by atoms with Gasteiger partial charge in [-0.25, -0.2) is 0 Å². The maximum atomic E-state index is 12.2. The van der Waals surface area contributed by atoms with Gasteiger partial charge in [-0.3, -0.25) is 4.79 Å². The minimum absolute atomic E-state index is 0.00594. The molecule has 2 N–H and O–H groups in total. The van der Waals surface area contributed by atoms with Gasteiger partial charge in [0.25, 0.3) is 0 Å². The molecule has 0 aromatic rings. The summed E-state index contributed by atoms with van der Waals surface area (Å²) in [6.45, 7) is 9.02. The van der Waals surface area contributed by atoms with Crippen molar-refractivity contribution in [3.05, 3.63) is 11.6 Å². The van der Waals surface area contributed by atoms with Crippen LogP contribution in [0.2, 0.25) is 0 Å². The fourth-order valence-electron chi connectivity index (χ4n) is 7.73. The van der Waals surface area contributed by atoms with Crippen molar-refractivity contribution < 1.29 is 15.0 Å². The van der Waals surface area contributed by atoms with Crippen LogP contribution in [0.4, 0.5) is 0 Å². The van der Waals surface area contributed by atoms with Gasteiger partial charge in [0.05, 0.1) is 12.2 Å². The van der Waals surface area contributed by atoms with Crippen LogP contribution in [-0.2, 0) is 4.79 Å². The topological polar surface area (TPSA) is 57.5 Å². The van der Waals surface area contributed by atoms with Gasteiger partial charge >= 0.3 is 0 Å². The van der Waals surface area contributed by atoms with E-state index in [2.05, 4.69) is 20.8 Å². The van der Waals surface area contributed by atoms with Gasteiger partial charge in [-0.15, -0.1) is 0 Å². The number of hydrogen-bond donors (Lipinski definition) is 2. The molecule has 0 amide bonds. The molecule has 4 aliphatic rings. The van der Waals surface area contributed by atoms with E-state index in [-0.39, 0.29) is 29.1 Å². The maximum absolute atomic E-state index is 12.2. The van der Waals surface area contributed by atoms with Crippen molar-refractivity contribution in [1.29, 1.82) is 0 Å². The Labute approximate surface area is 151 Å². The largest absolute Gasteiger partial charge is 0.395 e. The van der Waals surface area contributed by atoms with Gasteiger partial charge in [0.1, 0.15) is 0 Å². The van der Waals surface area contributed by atoms with Crippen molar-refractivity contribution in [3.8, 4) is 0 Å². The second kappa shape index (κ2) is 5.42. The summed E-state index contributed by atoms with van der Waals surface area (Å²) in [6.07, 6.45) is 7.48. The number of rotatable bonds is 1. The van der Waals surface area contributed by atoms with Crippen molar-refractivity contribution in [2.75, 3.05) is 6.61 Å². The quantitative estimate of drug-likeness (QED) is 0.760. The van der Waals surface area contributed by atoms with E-state index in [0.717, 1.165) is 32.1 Å². The molecule has 0 aromatic heterocycles. The summed E-state index contributed by atoms with van der Waals surface area (Å²) < 4.78 is 0. The van der Waals surface area contributed by atoms with Crippen LogP contribution in [0, 0.1) is 40.4 Å². The van der Waals surface area contributed by atoms with E-state index in [1.54, 1.807) is 0 Å². The number of carbonyl (C=O) groups is 1. The van der Waals surface area contributed by atoms with Gasteiger partial charge in [0.2, 0.25) is 0 Å². The second-order valence-corrected chi connectivity index (χ2v) is 10.2. The maximum Gasteiger partial charge on any atom is 0.155 e. The van der Waals surface area contributed by atoms with Crippen molar-refractivity contribution in [2.24, 2.45) is 40.4 Å². The van der Waals surface area contributed by atoms with Crippen LogP contribution in [0.3, 0.4) is 0 Å². The summed E-state index contributed by atoms with van der Waals surface area (Å²) in [5.74, 6) is 2.51. The van der Waals surface area contributed by atoms with Crippen LogP contribution in [0.1, 0.15) is 66.2 Å². The smallest absolute Gasteiger partial charge is 0.155 e. The third kappa shape index (κ3) is 2.09. The number of fused-ring (bicyclic) bond motifs is 5. The summed E-state index contributed by atoms with van der Waals surface area (Å²) in [7, 11) is 0. The normalized spacial score (nSPS) is 55.2. The van der Waals surface area contributed by atoms with Crippen LogP contribution in [0.15, 0.2) is 11.6 Å². The van der Waals surface area contributed by atoms with E-state index >= 15 is 0 Å². The molecular formula is C22H34O3. The molecule has 4 aliphatic carbocycles. The molecule has 0 heterocycles. The lowest BCUT2D eigenvalue weighted by Crippen LogP contribution is -2.59. The first-order valence-corrected chi connectivity index (χ1v) is 10.2. The predicted molar refractivity (Wildman–Crippen MR) is 97.8 cm³/mol. The molecule has 0 saturated heterocycles. The highest BCUT2D eigenvalue weighted by molar-refractivity contribution is 5.92. The summed E-state index contributed by atoms with van der Waals surface area (Å²) in [6, 6.07) is 0. The Morgan fingerprint density at radius 3 is 2.48 bits per heavy atom. The van der Waals surface area contributed by atoms with Crippen molar-refractivity contribution in [3.63, 3.8) is 0 Å². The average molecular weight is 347 g/mol. The lowest BCUT2D eigenvalue weighted by atomic mass is 9.42. The monoisotopic (exact) mass is 346 g/mol. The van der Waals surface area contributed by atoms with Crippen molar-refractivity contribution in [2.45, 2.75) is 71.8 Å². The van der Waals surface area contributed by atoms with Gasteiger partial charge in [0.15, 0.2) is 5.78 Å². The lowest BCUT2D eigenvalue weighted by molar-refractivity contribution is -0.149. The number of aliphatic hydroxyl groups is 2. The number of ketones is 1. The third-order valence-electron chi connectivity index (χ3n) is 9.34. The molecule has 4 rings (SSSR count). The molecule has 3 saturated carbocycles. The molecule has 3 fully saturated rings. The molecule has 140 valence electrons. The lowest BCUT2D eigenvalue weighted by Gasteiger charge is -2.62. The Bertz CT molecular complexity index is 621. The van der Waals surface area contributed by atoms with E-state index in [9.17, 15) is 15.0 Å². The van der Waals surface area contributed by atoms with Crippen molar-refractivity contribution >= 4 is 5.78 Å². The van der Waals surface area contributed by atoms with E-state index in [4.69, 9.17) is 0 Å². The minimum Gasteiger partial charge on any atom is -0.395 e. The Hall–Kier alpha value is -0.670. The van der Waals surface area contributed by atoms with Crippen LogP contribution in [0.25, 0.3) is 0 Å². The third-order valence-corrected chi connectivity index (χ3v) is 9.34. The number of carbonyl (C=O) groups excluding carboxylic acids is 1. The molecule has 3 nitrogen and oxygen atoms in total. The summed E-state index contributed by atoms with van der Waals surface area (Å²) in [5.41, 5.74) is 0.439. The van der Waals surface area contributed by atoms with Gasteiger partial charge in [0, 0.05) is 11.8 Å². The molecule has 25 heavy (non-hydrogen) atoms. The first kappa shape index (κ1) is 17.7. The molecule has 0 aromatic carbocycles. The van der Waals surface area contributed by atoms with Crippen LogP contribution in [-0.4, -0.2) is 28.2 Å². The molecule has 0 radical (unpaired) electrons. The van der Waals surface area contributed by atoms with Gasteiger partial charge in [-0.1, -0.05) is 26.3 Å². The van der Waals surface area contributed by atoms with E-state index in [1.807, 2.05) is 13.0 Å². The predicted octanol–water partition coefficient (Wildman–Crippen LogP) is 3.73. The minimum atomic E-state index is -0.570. The molecular weight excluding hydrogens is 312 g/mol. The summed E-state index contributed by atoms with van der Waals surface area (Å²) >= 11 is 0. The number of aliphatic hydroxyl groups excluding tert-OH is 1. The van der Waals surface area contributed by atoms with E-state index < -0.39 is 5.60 Å². The summed E-state index contributed by atoms with van der Waals surface area (Å²) in [5, 5.41) is 21.6. The van der Waals surface area contributed by atoms with Crippen molar-refractivity contribution in [1.82, 2.24) is 0 Å². The SMILES string of the molecule is C[C@@H]1CC2=CC(=O)C[C@H](C)[C@]2(CO)[C@H]2CC[C@@]3(C)[C@@H](CC[C@]3(C)O)[C@H]12. The highest BCUT2D eigenvalue weighted by Gasteiger charge is 2.65. The van der Waals surface area contributed by atoms with Gasteiger partial charge in [-0.05, 0) is 80.1 Å². The first-order chi connectivity index (χ1) is 11.7. The standard InChI is InChI=1S/C22H34O3/c1-13-9-15-11-16(24)10-14(2)22(15,12-23)18-5-7-20(3)17(19(13)18)6-8-21(20,4)25/h11,13-14,17-19,23,25H,5-10,12H2,1-4H3/t13-,14+,17+,18+,19+,20+,21+,22+/m1/s1. The molecule has 0 unspecified atom stereocenters. The van der Waals surface area contributed by atoms with Crippen LogP contribution in [0.5, 0.6) is 0 Å². The zero-order valence-electron chi connectivity index (χ0n) is 16.2. The summed E-state index contributed by atoms with van der Waals surface area (Å²) in [4.78, 5) is 12.2. The van der Waals surface area contributed by atoms with E-state index in [1.165, 1.54) is 5.57 Å². The zero-order valence-corrected chi connectivity index (χ0v) is 16.2. The molecule has 0 bridgehead atoms. The van der Waals surface area contributed by atoms with E-state index in [0.29, 0.717) is 30.1 Å². The molecule has 0 spiro atoms. The average Bonchev–Trinajstić information content (AvgIpc) is 2.77.